The first kappa shape index (κ1) is 19.4. The summed E-state index contributed by atoms with van der Waals surface area (Å²) in [6.07, 6.45) is 3.11. The Morgan fingerprint density at radius 3 is 2.38 bits per heavy atom. The minimum Gasteiger partial charge on any atom is -0.466 e. The Morgan fingerprint density at radius 2 is 1.77 bits per heavy atom. The standard InChI is InChI=1S/C19H19NO5S/c1-15-9-11-17(12-10-15)26(23,24)20(13-5-8-19(22)25-2)18-7-4-3-6-16(18)14-21/h3-12,14H,13H2,1-2H3/b8-5+. The molecule has 0 unspecified atom stereocenters. The van der Waals surface area contributed by atoms with Crippen LogP contribution in [0.1, 0.15) is 15.9 Å². The number of aryl methyl sites for hydroxylation is 1. The van der Waals surface area contributed by atoms with E-state index in [1.54, 1.807) is 30.3 Å². The molecule has 2 rings (SSSR count). The van der Waals surface area contributed by atoms with Crippen LogP contribution in [0.3, 0.4) is 0 Å². The van der Waals surface area contributed by atoms with Gasteiger partial charge in [0.1, 0.15) is 0 Å². The number of hydrogen-bond donors (Lipinski definition) is 0. The second-order valence-electron chi connectivity index (χ2n) is 5.45. The van der Waals surface area contributed by atoms with Crippen molar-refractivity contribution in [2.45, 2.75) is 11.8 Å². The van der Waals surface area contributed by atoms with E-state index in [-0.39, 0.29) is 22.7 Å². The summed E-state index contributed by atoms with van der Waals surface area (Å²) in [5.74, 6) is -0.596. The van der Waals surface area contributed by atoms with Crippen molar-refractivity contribution in [3.8, 4) is 0 Å². The molecular formula is C19H19NO5S. The van der Waals surface area contributed by atoms with E-state index in [9.17, 15) is 18.0 Å². The van der Waals surface area contributed by atoms with Gasteiger partial charge >= 0.3 is 5.97 Å². The van der Waals surface area contributed by atoms with Gasteiger partial charge in [-0.1, -0.05) is 35.9 Å². The fraction of sp³-hybridized carbons (Fsp3) is 0.158. The Morgan fingerprint density at radius 1 is 1.12 bits per heavy atom. The van der Waals surface area contributed by atoms with Crippen LogP contribution in [-0.2, 0) is 19.6 Å². The maximum absolute atomic E-state index is 13.1. The van der Waals surface area contributed by atoms with Crippen LogP contribution in [0.25, 0.3) is 0 Å². The molecule has 0 aliphatic heterocycles. The second-order valence-corrected chi connectivity index (χ2v) is 7.31. The van der Waals surface area contributed by atoms with Gasteiger partial charge in [0, 0.05) is 11.6 Å². The van der Waals surface area contributed by atoms with Crippen LogP contribution in [0, 0.1) is 6.92 Å². The Labute approximate surface area is 152 Å². The number of rotatable bonds is 7. The summed E-state index contributed by atoms with van der Waals surface area (Å²) in [6, 6.07) is 12.8. The van der Waals surface area contributed by atoms with Crippen molar-refractivity contribution >= 4 is 28.0 Å². The van der Waals surface area contributed by atoms with E-state index in [0.29, 0.717) is 6.29 Å². The number of esters is 1. The molecule has 0 aromatic heterocycles. The largest absolute Gasteiger partial charge is 0.466 e. The quantitative estimate of drug-likeness (QED) is 0.423. The molecule has 2 aromatic carbocycles. The number of para-hydroxylation sites is 1. The lowest BCUT2D eigenvalue weighted by Crippen LogP contribution is -2.32. The van der Waals surface area contributed by atoms with Crippen molar-refractivity contribution in [3.63, 3.8) is 0 Å². The molecule has 0 amide bonds. The SMILES string of the molecule is COC(=O)/C=C/CN(c1ccccc1C=O)S(=O)(=O)c1ccc(C)cc1. The van der Waals surface area contributed by atoms with Gasteiger partial charge in [-0.05, 0) is 31.2 Å². The highest BCUT2D eigenvalue weighted by Gasteiger charge is 2.25. The van der Waals surface area contributed by atoms with Crippen LogP contribution in [0.2, 0.25) is 0 Å². The topological polar surface area (TPSA) is 80.8 Å². The van der Waals surface area contributed by atoms with Gasteiger partial charge in [0.15, 0.2) is 6.29 Å². The molecule has 136 valence electrons. The molecule has 0 aliphatic rings. The third-order valence-electron chi connectivity index (χ3n) is 3.67. The lowest BCUT2D eigenvalue weighted by Gasteiger charge is -2.24. The third kappa shape index (κ3) is 4.37. The van der Waals surface area contributed by atoms with Crippen LogP contribution in [0.5, 0.6) is 0 Å². The fourth-order valence-electron chi connectivity index (χ4n) is 2.29. The fourth-order valence-corrected chi connectivity index (χ4v) is 3.73. The normalized spacial score (nSPS) is 11.3. The zero-order chi connectivity index (χ0) is 19.2. The van der Waals surface area contributed by atoms with Gasteiger partial charge in [-0.25, -0.2) is 13.2 Å². The summed E-state index contributed by atoms with van der Waals surface area (Å²) < 4.78 is 31.8. The van der Waals surface area contributed by atoms with E-state index in [1.165, 1.54) is 31.4 Å². The highest BCUT2D eigenvalue weighted by atomic mass is 32.2. The zero-order valence-corrected chi connectivity index (χ0v) is 15.3. The minimum absolute atomic E-state index is 0.0928. The van der Waals surface area contributed by atoms with Crippen LogP contribution >= 0.6 is 0 Å². The van der Waals surface area contributed by atoms with Crippen molar-refractivity contribution in [2.75, 3.05) is 18.0 Å². The van der Waals surface area contributed by atoms with Crippen molar-refractivity contribution < 1.29 is 22.7 Å². The van der Waals surface area contributed by atoms with E-state index in [0.717, 1.165) is 15.9 Å². The maximum atomic E-state index is 13.1. The molecule has 0 heterocycles. The zero-order valence-electron chi connectivity index (χ0n) is 14.5. The van der Waals surface area contributed by atoms with Gasteiger partial charge in [-0.2, -0.15) is 0 Å². The molecule has 26 heavy (non-hydrogen) atoms. The summed E-state index contributed by atoms with van der Waals surface area (Å²) in [7, 11) is -2.71. The van der Waals surface area contributed by atoms with Crippen molar-refractivity contribution in [3.05, 3.63) is 71.8 Å². The van der Waals surface area contributed by atoms with E-state index in [1.807, 2.05) is 6.92 Å². The Kier molecular flexibility index (Phi) is 6.30. The summed E-state index contributed by atoms with van der Waals surface area (Å²) in [6.45, 7) is 1.73. The first-order chi connectivity index (χ1) is 12.4. The van der Waals surface area contributed by atoms with Gasteiger partial charge in [0.2, 0.25) is 0 Å². The van der Waals surface area contributed by atoms with Crippen LogP contribution in [0.15, 0.2) is 65.6 Å². The van der Waals surface area contributed by atoms with E-state index >= 15 is 0 Å². The Bertz CT molecular complexity index is 917. The highest BCUT2D eigenvalue weighted by molar-refractivity contribution is 7.92. The number of anilines is 1. The summed E-state index contributed by atoms with van der Waals surface area (Å²) in [5.41, 5.74) is 1.39. The van der Waals surface area contributed by atoms with Crippen LogP contribution in [-0.4, -0.2) is 34.3 Å². The predicted octanol–water partition coefficient (Wildman–Crippen LogP) is 2.73. The number of carbonyl (C=O) groups is 2. The number of benzene rings is 2. The molecule has 0 atom stereocenters. The summed E-state index contributed by atoms with van der Waals surface area (Å²) in [4.78, 5) is 22.7. The van der Waals surface area contributed by atoms with Gasteiger partial charge < -0.3 is 4.74 Å². The van der Waals surface area contributed by atoms with E-state index < -0.39 is 16.0 Å². The minimum atomic E-state index is -3.94. The van der Waals surface area contributed by atoms with Gasteiger partial charge in [0.25, 0.3) is 10.0 Å². The molecule has 6 nitrogen and oxygen atoms in total. The van der Waals surface area contributed by atoms with E-state index in [4.69, 9.17) is 0 Å². The summed E-state index contributed by atoms with van der Waals surface area (Å²) in [5, 5.41) is 0. The molecule has 7 heteroatoms. The van der Waals surface area contributed by atoms with Gasteiger partial charge in [0.05, 0.1) is 24.2 Å². The number of hydrogen-bond acceptors (Lipinski definition) is 5. The molecule has 0 fully saturated rings. The number of methoxy groups -OCH3 is 1. The number of aldehydes is 1. The van der Waals surface area contributed by atoms with Crippen molar-refractivity contribution in [2.24, 2.45) is 0 Å². The maximum Gasteiger partial charge on any atom is 0.330 e. The molecule has 2 aromatic rings. The molecule has 0 saturated carbocycles. The molecule has 0 bridgehead atoms. The molecule has 0 radical (unpaired) electrons. The first-order valence-corrected chi connectivity index (χ1v) is 9.22. The van der Waals surface area contributed by atoms with Gasteiger partial charge in [-0.15, -0.1) is 0 Å². The Balaban J connectivity index is 2.52. The molecule has 0 N–H and O–H groups in total. The van der Waals surface area contributed by atoms with Crippen molar-refractivity contribution in [1.82, 2.24) is 0 Å². The van der Waals surface area contributed by atoms with Crippen molar-refractivity contribution in [1.29, 1.82) is 0 Å². The monoisotopic (exact) mass is 373 g/mol. The molecule has 0 aliphatic carbocycles. The third-order valence-corrected chi connectivity index (χ3v) is 5.46. The first-order valence-electron chi connectivity index (χ1n) is 7.78. The average Bonchev–Trinajstić information content (AvgIpc) is 2.65. The average molecular weight is 373 g/mol. The lowest BCUT2D eigenvalue weighted by atomic mass is 10.2. The number of ether oxygens (including phenoxy) is 1. The number of nitrogens with zero attached hydrogens (tertiary/aromatic N) is 1. The van der Waals surface area contributed by atoms with E-state index in [2.05, 4.69) is 4.74 Å². The lowest BCUT2D eigenvalue weighted by molar-refractivity contribution is -0.134. The molecule has 0 spiro atoms. The smallest absolute Gasteiger partial charge is 0.330 e. The second kappa shape index (κ2) is 8.44. The van der Waals surface area contributed by atoms with Crippen LogP contribution < -0.4 is 4.31 Å². The number of carbonyl (C=O) groups excluding carboxylic acids is 2. The summed E-state index contributed by atoms with van der Waals surface area (Å²) >= 11 is 0. The Hall–Kier alpha value is -2.93. The van der Waals surface area contributed by atoms with Crippen LogP contribution in [0.4, 0.5) is 5.69 Å². The van der Waals surface area contributed by atoms with Gasteiger partial charge in [-0.3, -0.25) is 9.10 Å². The highest BCUT2D eigenvalue weighted by Crippen LogP contribution is 2.26. The predicted molar refractivity (Wildman–Crippen MR) is 98.7 cm³/mol. The number of sulfonamides is 1. The molecular weight excluding hydrogens is 354 g/mol. The molecule has 0 saturated heterocycles.